The van der Waals surface area contributed by atoms with E-state index in [1.54, 1.807) is 19.2 Å². The van der Waals surface area contributed by atoms with Crippen molar-refractivity contribution in [1.29, 1.82) is 0 Å². The van der Waals surface area contributed by atoms with Crippen molar-refractivity contribution in [2.24, 2.45) is 5.41 Å². The van der Waals surface area contributed by atoms with E-state index < -0.39 is 34.4 Å². The lowest BCUT2D eigenvalue weighted by Crippen LogP contribution is -2.53. The first-order valence-corrected chi connectivity index (χ1v) is 11.3. The number of nitrogens with one attached hydrogen (secondary N) is 1. The molecule has 0 bridgehead atoms. The number of methoxy groups -OCH3 is 1. The molecule has 0 aliphatic carbocycles. The molecule has 4 atom stereocenters. The Morgan fingerprint density at radius 2 is 2.03 bits per heavy atom. The van der Waals surface area contributed by atoms with Gasteiger partial charge in [-0.15, -0.1) is 0 Å². The van der Waals surface area contributed by atoms with Gasteiger partial charge in [-0.2, -0.15) is 4.37 Å². The Kier molecular flexibility index (Phi) is 6.18. The molecular weight excluding hydrogens is 442 g/mol. The number of hydrogen-bond acceptors (Lipinski definition) is 7. The van der Waals surface area contributed by atoms with E-state index in [1.165, 1.54) is 23.7 Å². The minimum atomic E-state index is -1.35. The van der Waals surface area contributed by atoms with Crippen LogP contribution in [0.25, 0.3) is 0 Å². The number of fused-ring (bicyclic) bond motifs is 1. The number of aliphatic carboxylic acids is 1. The van der Waals surface area contributed by atoms with E-state index in [0.717, 1.165) is 16.1 Å². The number of hydrogen-bond donors (Lipinski definition) is 2. The zero-order chi connectivity index (χ0) is 23.8. The van der Waals surface area contributed by atoms with E-state index >= 15 is 0 Å². The van der Waals surface area contributed by atoms with Crippen LogP contribution in [0.1, 0.15) is 47.8 Å². The fraction of sp³-hybridized carbons (Fsp3) is 0.333. The van der Waals surface area contributed by atoms with Gasteiger partial charge < -0.3 is 15.2 Å². The van der Waals surface area contributed by atoms with Crippen molar-refractivity contribution in [3.8, 4) is 0 Å². The monoisotopic (exact) mass is 467 g/mol. The number of carbonyl (C=O) groups is 1. The fourth-order valence-corrected chi connectivity index (χ4v) is 5.86. The van der Waals surface area contributed by atoms with Gasteiger partial charge in [0.25, 0.3) is 5.69 Å². The summed E-state index contributed by atoms with van der Waals surface area (Å²) in [5, 5.41) is 26.4. The molecule has 0 fully saturated rings. The second kappa shape index (κ2) is 8.92. The van der Waals surface area contributed by atoms with Crippen LogP contribution in [0, 0.1) is 22.5 Å². The molecule has 2 aromatic carbocycles. The van der Waals surface area contributed by atoms with Gasteiger partial charge in [-0.3, -0.25) is 14.9 Å². The maximum absolute atomic E-state index is 13.2. The Morgan fingerprint density at radius 1 is 1.30 bits per heavy atom. The van der Waals surface area contributed by atoms with Crippen LogP contribution in [0.4, 0.5) is 10.7 Å². The van der Waals surface area contributed by atoms with Crippen molar-refractivity contribution in [2.75, 3.05) is 12.4 Å². The van der Waals surface area contributed by atoms with Crippen molar-refractivity contribution < 1.29 is 19.6 Å². The molecule has 9 heteroatoms. The molecule has 1 aromatic heterocycles. The van der Waals surface area contributed by atoms with Gasteiger partial charge in [0.05, 0.1) is 16.7 Å². The van der Waals surface area contributed by atoms with Gasteiger partial charge >= 0.3 is 5.97 Å². The molecule has 0 radical (unpaired) electrons. The van der Waals surface area contributed by atoms with Gasteiger partial charge in [-0.05, 0) is 42.9 Å². The molecule has 33 heavy (non-hydrogen) atoms. The smallest absolute Gasteiger partial charge is 0.312 e. The number of carboxylic acid groups (broad SMARTS) is 1. The maximum Gasteiger partial charge on any atom is 0.312 e. The van der Waals surface area contributed by atoms with Crippen LogP contribution < -0.4 is 5.32 Å². The summed E-state index contributed by atoms with van der Waals surface area (Å²) in [5.74, 6) is -1.64. The van der Waals surface area contributed by atoms with Gasteiger partial charge in [0, 0.05) is 36.8 Å². The van der Waals surface area contributed by atoms with E-state index in [0.29, 0.717) is 11.3 Å². The van der Waals surface area contributed by atoms with E-state index in [4.69, 9.17) is 4.74 Å². The lowest BCUT2D eigenvalue weighted by molar-refractivity contribution is -0.384. The minimum absolute atomic E-state index is 0.0771. The van der Waals surface area contributed by atoms with E-state index in [2.05, 4.69) is 9.69 Å². The van der Waals surface area contributed by atoms with Crippen LogP contribution in [0.3, 0.4) is 0 Å². The average molecular weight is 468 g/mol. The van der Waals surface area contributed by atoms with Crippen molar-refractivity contribution in [3.05, 3.63) is 87.1 Å². The minimum Gasteiger partial charge on any atom is -0.481 e. The number of nitro groups is 1. The summed E-state index contributed by atoms with van der Waals surface area (Å²) in [6, 6.07) is 15.3. The summed E-state index contributed by atoms with van der Waals surface area (Å²) in [4.78, 5) is 24.2. The third-order valence-corrected chi connectivity index (χ3v) is 7.51. The first-order chi connectivity index (χ1) is 15.8. The van der Waals surface area contributed by atoms with Crippen LogP contribution in [0.2, 0.25) is 0 Å². The molecule has 1 aliphatic heterocycles. The molecule has 4 unspecified atom stereocenters. The Hall–Kier alpha value is -3.30. The predicted molar refractivity (Wildman–Crippen MR) is 126 cm³/mol. The molecule has 0 amide bonds. The van der Waals surface area contributed by atoms with E-state index in [9.17, 15) is 20.0 Å². The molecule has 2 N–H and O–H groups in total. The van der Waals surface area contributed by atoms with Crippen LogP contribution in [0.5, 0.6) is 0 Å². The third-order valence-electron chi connectivity index (χ3n) is 6.62. The lowest BCUT2D eigenvalue weighted by Gasteiger charge is -2.47. The van der Waals surface area contributed by atoms with E-state index in [1.807, 2.05) is 44.2 Å². The number of aromatic nitrogens is 1. The zero-order valence-corrected chi connectivity index (χ0v) is 19.3. The average Bonchev–Trinajstić information content (AvgIpc) is 3.17. The first kappa shape index (κ1) is 22.9. The molecule has 1 aliphatic rings. The summed E-state index contributed by atoms with van der Waals surface area (Å²) in [6.45, 7) is 3.68. The first-order valence-electron chi connectivity index (χ1n) is 10.6. The lowest BCUT2D eigenvalue weighted by atomic mass is 9.60. The molecule has 4 rings (SSSR count). The normalized spacial score (nSPS) is 22.8. The molecule has 3 aromatic rings. The topological polar surface area (TPSA) is 115 Å². The van der Waals surface area contributed by atoms with Crippen molar-refractivity contribution >= 4 is 28.2 Å². The number of aryl methyl sites for hydroxylation is 1. The Morgan fingerprint density at radius 3 is 2.67 bits per heavy atom. The van der Waals surface area contributed by atoms with Crippen LogP contribution in [0.15, 0.2) is 54.6 Å². The highest BCUT2D eigenvalue weighted by atomic mass is 32.1. The van der Waals surface area contributed by atoms with Crippen molar-refractivity contribution in [3.63, 3.8) is 0 Å². The number of benzene rings is 2. The summed E-state index contributed by atoms with van der Waals surface area (Å²) in [6.07, 6.45) is -0.319. The number of nitro benzene ring substituents is 1. The van der Waals surface area contributed by atoms with Crippen molar-refractivity contribution in [1.82, 2.24) is 4.37 Å². The Balaban J connectivity index is 1.95. The van der Waals surface area contributed by atoms with Crippen LogP contribution >= 0.6 is 11.5 Å². The largest absolute Gasteiger partial charge is 0.481 e. The fourth-order valence-electron chi connectivity index (χ4n) is 4.94. The highest BCUT2D eigenvalue weighted by Crippen LogP contribution is 2.56. The molecule has 0 saturated heterocycles. The number of ether oxygens (including phenoxy) is 1. The number of carboxylic acids is 1. The molecule has 0 spiro atoms. The predicted octanol–water partition coefficient (Wildman–Crippen LogP) is 5.15. The third kappa shape index (κ3) is 3.87. The maximum atomic E-state index is 13.2. The Bertz CT molecular complexity index is 1180. The van der Waals surface area contributed by atoms with Gasteiger partial charge in [0.2, 0.25) is 0 Å². The second-order valence-electron chi connectivity index (χ2n) is 8.35. The zero-order valence-electron chi connectivity index (χ0n) is 18.5. The molecular formula is C24H25N3O5S. The van der Waals surface area contributed by atoms with Gasteiger partial charge in [0.1, 0.15) is 10.4 Å². The summed E-state index contributed by atoms with van der Waals surface area (Å²) >= 11 is 1.28. The van der Waals surface area contributed by atoms with Gasteiger partial charge in [0.15, 0.2) is 0 Å². The second-order valence-corrected chi connectivity index (χ2v) is 9.12. The number of non-ortho nitro benzene ring substituents is 1. The van der Waals surface area contributed by atoms with Gasteiger partial charge in [-0.1, -0.05) is 42.5 Å². The number of nitrogens with zero attached hydrogens (tertiary/aromatic N) is 2. The molecule has 2 heterocycles. The summed E-state index contributed by atoms with van der Waals surface area (Å²) < 4.78 is 10.3. The standard InChI is InChI=1S/C24H25N3O5S/c1-14-20-21(17-10-7-11-18(12-17)27(30)31)24(23(28)29,15(2)25-22(20)33-26-14)13-19(32-3)16-8-5-4-6-9-16/h4-12,15,19,21,25H,13H2,1-3H3,(H,28,29). The summed E-state index contributed by atoms with van der Waals surface area (Å²) in [7, 11) is 1.57. The molecule has 8 nitrogen and oxygen atoms in total. The Labute approximate surface area is 195 Å². The highest BCUT2D eigenvalue weighted by Gasteiger charge is 2.57. The SMILES string of the molecule is COC(CC1(C(=O)O)C(C)Nc2snc(C)c2C1c1cccc([N+](=O)[O-])c1)c1ccccc1. The molecule has 0 saturated carbocycles. The quantitative estimate of drug-likeness (QED) is 0.364. The van der Waals surface area contributed by atoms with Crippen molar-refractivity contribution in [2.45, 2.75) is 38.3 Å². The van der Waals surface area contributed by atoms with Crippen LogP contribution in [-0.2, 0) is 9.53 Å². The van der Waals surface area contributed by atoms with E-state index in [-0.39, 0.29) is 12.1 Å². The number of rotatable bonds is 7. The van der Waals surface area contributed by atoms with Crippen LogP contribution in [-0.4, -0.2) is 33.5 Å². The van der Waals surface area contributed by atoms with Gasteiger partial charge in [-0.25, -0.2) is 0 Å². The number of anilines is 1. The summed E-state index contributed by atoms with van der Waals surface area (Å²) in [5.41, 5.74) is 1.50. The highest BCUT2D eigenvalue weighted by molar-refractivity contribution is 7.10. The molecule has 172 valence electrons.